The Kier molecular flexibility index (Phi) is 10.3. The van der Waals surface area contributed by atoms with Crippen molar-refractivity contribution < 1.29 is 5.11 Å². The van der Waals surface area contributed by atoms with E-state index in [0.29, 0.717) is 0 Å². The largest absolute Gasteiger partial charge is 0.393 e. The van der Waals surface area contributed by atoms with E-state index in [1.165, 1.54) is 16.7 Å². The van der Waals surface area contributed by atoms with Gasteiger partial charge in [0.1, 0.15) is 0 Å². The van der Waals surface area contributed by atoms with E-state index in [0.717, 1.165) is 51.5 Å². The van der Waals surface area contributed by atoms with Crippen molar-refractivity contribution in [3.63, 3.8) is 0 Å². The van der Waals surface area contributed by atoms with E-state index in [4.69, 9.17) is 0 Å². The van der Waals surface area contributed by atoms with Crippen LogP contribution in [0.15, 0.2) is 59.6 Å². The number of nitrogens with zero attached hydrogens (tertiary/aromatic N) is 2. The summed E-state index contributed by atoms with van der Waals surface area (Å²) in [7, 11) is 1.81. The van der Waals surface area contributed by atoms with Crippen LogP contribution < -0.4 is 10.6 Å². The minimum absolute atomic E-state index is 0. The molecule has 1 aliphatic rings. The Balaban J connectivity index is 0.00000341. The summed E-state index contributed by atoms with van der Waals surface area (Å²) in [6.45, 7) is 8.94. The molecule has 0 atom stereocenters. The summed E-state index contributed by atoms with van der Waals surface area (Å²) < 4.78 is 0. The number of nitrogens with one attached hydrogen (secondary N) is 2. The van der Waals surface area contributed by atoms with Gasteiger partial charge in [0.05, 0.1) is 6.10 Å². The number of hydrogen-bond acceptors (Lipinski definition) is 3. The van der Waals surface area contributed by atoms with Crippen molar-refractivity contribution in [2.75, 3.05) is 26.7 Å². The topological polar surface area (TPSA) is 59.9 Å². The van der Waals surface area contributed by atoms with Crippen LogP contribution in [0.1, 0.15) is 43.4 Å². The van der Waals surface area contributed by atoms with E-state index < -0.39 is 0 Å². The Labute approximate surface area is 204 Å². The first-order valence-electron chi connectivity index (χ1n) is 10.9. The van der Waals surface area contributed by atoms with Crippen molar-refractivity contribution in [2.45, 2.75) is 51.3 Å². The lowest BCUT2D eigenvalue weighted by Gasteiger charge is -2.29. The van der Waals surface area contributed by atoms with Crippen molar-refractivity contribution in [1.29, 1.82) is 0 Å². The minimum Gasteiger partial charge on any atom is -0.393 e. The fraction of sp³-hybridized carbons (Fsp3) is 0.480. The van der Waals surface area contributed by atoms with E-state index in [1.807, 2.05) is 7.05 Å². The maximum Gasteiger partial charge on any atom is 0.191 e. The lowest BCUT2D eigenvalue weighted by molar-refractivity contribution is 0.0792. The quantitative estimate of drug-likeness (QED) is 0.286. The highest BCUT2D eigenvalue weighted by molar-refractivity contribution is 14.0. The van der Waals surface area contributed by atoms with Crippen molar-refractivity contribution >= 4 is 29.9 Å². The molecule has 0 radical (unpaired) electrons. The van der Waals surface area contributed by atoms with Gasteiger partial charge in [-0.2, -0.15) is 0 Å². The fourth-order valence-electron chi connectivity index (χ4n) is 3.80. The second-order valence-corrected chi connectivity index (χ2v) is 8.85. The molecule has 2 aromatic rings. The second-order valence-electron chi connectivity index (χ2n) is 8.85. The van der Waals surface area contributed by atoms with Crippen LogP contribution in [0.3, 0.4) is 0 Å². The molecule has 1 heterocycles. The van der Waals surface area contributed by atoms with Gasteiger partial charge in [-0.3, -0.25) is 9.89 Å². The highest BCUT2D eigenvalue weighted by Gasteiger charge is 2.20. The van der Waals surface area contributed by atoms with Crippen molar-refractivity contribution in [3.8, 4) is 0 Å². The van der Waals surface area contributed by atoms with Gasteiger partial charge in [0.2, 0.25) is 0 Å². The number of halogens is 1. The standard InChI is InChI=1S/C25H36N4O.HI/c1-25(2,22-7-5-4-6-8-22)19-28-24(26-3)27-17-20-9-11-21(12-10-20)18-29-15-13-23(30)14-16-29;/h4-12,23,30H,13-19H2,1-3H3,(H2,26,27,28);1H. The highest BCUT2D eigenvalue weighted by Crippen LogP contribution is 2.21. The summed E-state index contributed by atoms with van der Waals surface area (Å²) in [4.78, 5) is 6.79. The third-order valence-corrected chi connectivity index (χ3v) is 5.92. The zero-order valence-corrected chi connectivity index (χ0v) is 21.3. The zero-order chi connectivity index (χ0) is 21.4. The van der Waals surface area contributed by atoms with Crippen LogP contribution in [0.25, 0.3) is 0 Å². The number of piperidine rings is 1. The predicted octanol–water partition coefficient (Wildman–Crippen LogP) is 3.90. The van der Waals surface area contributed by atoms with Crippen molar-refractivity contribution in [2.24, 2.45) is 4.99 Å². The Morgan fingerprint density at radius 3 is 2.23 bits per heavy atom. The number of aliphatic hydroxyl groups is 1. The molecular formula is C25H37IN4O. The smallest absolute Gasteiger partial charge is 0.191 e. The minimum atomic E-state index is -0.115. The summed E-state index contributed by atoms with van der Waals surface area (Å²) >= 11 is 0. The number of aliphatic imine (C=N–C) groups is 1. The van der Waals surface area contributed by atoms with Crippen LogP contribution in [0.2, 0.25) is 0 Å². The monoisotopic (exact) mass is 536 g/mol. The molecule has 0 aromatic heterocycles. The third-order valence-electron chi connectivity index (χ3n) is 5.92. The van der Waals surface area contributed by atoms with Gasteiger partial charge in [0, 0.05) is 45.2 Å². The Bertz CT molecular complexity index is 800. The summed E-state index contributed by atoms with van der Waals surface area (Å²) in [5, 5.41) is 16.5. The molecule has 1 saturated heterocycles. The Morgan fingerprint density at radius 2 is 1.61 bits per heavy atom. The first-order valence-corrected chi connectivity index (χ1v) is 10.9. The Morgan fingerprint density at radius 1 is 1.00 bits per heavy atom. The van der Waals surface area contributed by atoms with Gasteiger partial charge in [-0.1, -0.05) is 68.4 Å². The molecule has 5 nitrogen and oxygen atoms in total. The second kappa shape index (κ2) is 12.4. The molecule has 1 aliphatic heterocycles. The van der Waals surface area contributed by atoms with E-state index in [9.17, 15) is 5.11 Å². The first kappa shape index (κ1) is 25.6. The molecule has 0 amide bonds. The summed E-state index contributed by atoms with van der Waals surface area (Å²) in [6.07, 6.45) is 1.65. The number of benzene rings is 2. The van der Waals surface area contributed by atoms with Gasteiger partial charge >= 0.3 is 0 Å². The molecule has 0 aliphatic carbocycles. The average molecular weight is 537 g/mol. The summed E-state index contributed by atoms with van der Waals surface area (Å²) in [6, 6.07) is 19.3. The van der Waals surface area contributed by atoms with Gasteiger partial charge in [0.25, 0.3) is 0 Å². The average Bonchev–Trinajstić information content (AvgIpc) is 2.77. The zero-order valence-electron chi connectivity index (χ0n) is 19.0. The predicted molar refractivity (Wildman–Crippen MR) is 140 cm³/mol. The van der Waals surface area contributed by atoms with Crippen LogP contribution in [-0.4, -0.2) is 48.8 Å². The molecule has 2 aromatic carbocycles. The lowest BCUT2D eigenvalue weighted by atomic mass is 9.85. The molecule has 1 fully saturated rings. The van der Waals surface area contributed by atoms with E-state index in [-0.39, 0.29) is 35.5 Å². The van der Waals surface area contributed by atoms with Crippen LogP contribution in [0.5, 0.6) is 0 Å². The summed E-state index contributed by atoms with van der Waals surface area (Å²) in [5.74, 6) is 0.815. The molecule has 3 N–H and O–H groups in total. The summed E-state index contributed by atoms with van der Waals surface area (Å²) in [5.41, 5.74) is 3.89. The van der Waals surface area contributed by atoms with Gasteiger partial charge < -0.3 is 15.7 Å². The van der Waals surface area contributed by atoms with Crippen LogP contribution >= 0.6 is 24.0 Å². The molecule has 3 rings (SSSR count). The molecule has 0 saturated carbocycles. The van der Waals surface area contributed by atoms with Crippen LogP contribution in [0, 0.1) is 0 Å². The Hall–Kier alpha value is -1.64. The molecule has 0 unspecified atom stereocenters. The highest BCUT2D eigenvalue weighted by atomic mass is 127. The van der Waals surface area contributed by atoms with Gasteiger partial charge in [-0.05, 0) is 29.5 Å². The maximum atomic E-state index is 9.65. The molecule has 170 valence electrons. The molecule has 0 spiro atoms. The SMILES string of the molecule is CN=C(NCc1ccc(CN2CCC(O)CC2)cc1)NCC(C)(C)c1ccccc1.I. The molecule has 6 heteroatoms. The fourth-order valence-corrected chi connectivity index (χ4v) is 3.80. The van der Waals surface area contributed by atoms with Crippen LogP contribution in [-0.2, 0) is 18.5 Å². The molecular weight excluding hydrogens is 499 g/mol. The van der Waals surface area contributed by atoms with Crippen LogP contribution in [0.4, 0.5) is 0 Å². The van der Waals surface area contributed by atoms with Gasteiger partial charge in [-0.15, -0.1) is 24.0 Å². The third kappa shape index (κ3) is 8.09. The van der Waals surface area contributed by atoms with Gasteiger partial charge in [0.15, 0.2) is 5.96 Å². The molecule has 0 bridgehead atoms. The van der Waals surface area contributed by atoms with Crippen molar-refractivity contribution in [3.05, 3.63) is 71.3 Å². The number of hydrogen-bond donors (Lipinski definition) is 3. The number of rotatable bonds is 7. The van der Waals surface area contributed by atoms with Crippen molar-refractivity contribution in [1.82, 2.24) is 15.5 Å². The lowest BCUT2D eigenvalue weighted by Crippen LogP contribution is -2.43. The van der Waals surface area contributed by atoms with E-state index >= 15 is 0 Å². The maximum absolute atomic E-state index is 9.65. The van der Waals surface area contributed by atoms with Gasteiger partial charge in [-0.25, -0.2) is 0 Å². The number of likely N-dealkylation sites (tertiary alicyclic amines) is 1. The van der Waals surface area contributed by atoms with E-state index in [2.05, 4.69) is 89.0 Å². The number of guanidine groups is 1. The first-order chi connectivity index (χ1) is 14.5. The normalized spacial score (nSPS) is 15.9. The number of aliphatic hydroxyl groups excluding tert-OH is 1. The molecule has 31 heavy (non-hydrogen) atoms. The van der Waals surface area contributed by atoms with E-state index in [1.54, 1.807) is 0 Å².